The molecule has 164 valence electrons. The molecular weight excluding hydrogens is 412 g/mol. The van der Waals surface area contributed by atoms with Crippen molar-refractivity contribution in [2.45, 2.75) is 19.5 Å². The van der Waals surface area contributed by atoms with E-state index in [0.717, 1.165) is 40.4 Å². The van der Waals surface area contributed by atoms with Crippen LogP contribution in [0.4, 0.5) is 11.4 Å². The van der Waals surface area contributed by atoms with Gasteiger partial charge in [0, 0.05) is 60.9 Å². The van der Waals surface area contributed by atoms with Crippen molar-refractivity contribution in [2.24, 2.45) is 0 Å². The van der Waals surface area contributed by atoms with Crippen molar-refractivity contribution in [1.82, 2.24) is 24.7 Å². The maximum Gasteiger partial charge on any atom is 0.248 e. The minimum atomic E-state index is -0.132. The first kappa shape index (κ1) is 20.7. The van der Waals surface area contributed by atoms with Crippen LogP contribution in [0, 0.1) is 0 Å². The Morgan fingerprint density at radius 2 is 1.94 bits per heavy atom. The minimum absolute atomic E-state index is 0.132. The number of imidazole rings is 1. The Bertz CT molecular complexity index is 1420. The summed E-state index contributed by atoms with van der Waals surface area (Å²) in [5.41, 5.74) is 6.65. The first-order valence-corrected chi connectivity index (χ1v) is 10.8. The van der Waals surface area contributed by atoms with Gasteiger partial charge in [0.15, 0.2) is 5.65 Å². The number of pyridine rings is 3. The molecule has 1 unspecified atom stereocenters. The second-order valence-corrected chi connectivity index (χ2v) is 7.91. The summed E-state index contributed by atoms with van der Waals surface area (Å²) in [7, 11) is 0. The molecule has 0 amide bonds. The van der Waals surface area contributed by atoms with Crippen molar-refractivity contribution >= 4 is 17.0 Å². The molecule has 5 rings (SSSR count). The predicted octanol–water partition coefficient (Wildman–Crippen LogP) is 4.68. The lowest BCUT2D eigenvalue weighted by atomic mass is 10.1. The van der Waals surface area contributed by atoms with Gasteiger partial charge in [0.1, 0.15) is 0 Å². The molecule has 0 aliphatic rings. The van der Waals surface area contributed by atoms with Crippen LogP contribution in [0.5, 0.6) is 0 Å². The molecule has 1 atom stereocenters. The van der Waals surface area contributed by atoms with Gasteiger partial charge in [-0.3, -0.25) is 14.2 Å². The number of rotatable bonds is 7. The van der Waals surface area contributed by atoms with Gasteiger partial charge in [0.2, 0.25) is 5.56 Å². The lowest BCUT2D eigenvalue weighted by molar-refractivity contribution is 0.574. The van der Waals surface area contributed by atoms with Crippen LogP contribution >= 0.6 is 0 Å². The molecule has 0 radical (unpaired) electrons. The molecule has 0 aliphatic carbocycles. The molecule has 3 N–H and O–H groups in total. The number of fused-ring (bicyclic) bond motifs is 1. The van der Waals surface area contributed by atoms with Gasteiger partial charge in [-0.15, -0.1) is 0 Å². The van der Waals surface area contributed by atoms with E-state index in [1.54, 1.807) is 24.7 Å². The third-order valence-corrected chi connectivity index (χ3v) is 5.64. The van der Waals surface area contributed by atoms with Crippen molar-refractivity contribution in [3.8, 4) is 11.3 Å². The maximum absolute atomic E-state index is 11.7. The molecular formula is C26H24N6O. The quantitative estimate of drug-likeness (QED) is 0.345. The van der Waals surface area contributed by atoms with Crippen molar-refractivity contribution in [1.29, 1.82) is 0 Å². The summed E-state index contributed by atoms with van der Waals surface area (Å²) >= 11 is 0. The summed E-state index contributed by atoms with van der Waals surface area (Å²) in [6.07, 6.45) is 8.97. The molecule has 33 heavy (non-hydrogen) atoms. The monoisotopic (exact) mass is 436 g/mol. The van der Waals surface area contributed by atoms with Crippen LogP contribution in [-0.4, -0.2) is 19.4 Å². The highest BCUT2D eigenvalue weighted by Gasteiger charge is 2.10. The van der Waals surface area contributed by atoms with E-state index in [2.05, 4.69) is 62.8 Å². The van der Waals surface area contributed by atoms with Gasteiger partial charge in [-0.05, 0) is 54.4 Å². The van der Waals surface area contributed by atoms with Crippen molar-refractivity contribution in [2.75, 3.05) is 5.32 Å². The van der Waals surface area contributed by atoms with Crippen molar-refractivity contribution in [3.63, 3.8) is 0 Å². The number of H-pyrrole nitrogens is 1. The first-order valence-electron chi connectivity index (χ1n) is 10.8. The molecule has 0 aliphatic heterocycles. The van der Waals surface area contributed by atoms with Gasteiger partial charge in [-0.1, -0.05) is 18.2 Å². The standard InChI is InChI=1S/C26H24N6O/c1-18(30-17-19-3-2-11-27-16-19)20-4-6-22(7-5-20)31-23-8-9-24(32-14-13-29-26(23)32)21-10-12-28-25(33)15-21/h2-16,18,30-31H,17H2,1H3,(H,28,33). The van der Waals surface area contributed by atoms with Gasteiger partial charge < -0.3 is 15.6 Å². The summed E-state index contributed by atoms with van der Waals surface area (Å²) in [6.45, 7) is 2.92. The fraction of sp³-hybridized carbons (Fsp3) is 0.115. The van der Waals surface area contributed by atoms with Gasteiger partial charge in [-0.2, -0.15) is 0 Å². The van der Waals surface area contributed by atoms with E-state index in [4.69, 9.17) is 0 Å². The normalized spacial score (nSPS) is 12.0. The van der Waals surface area contributed by atoms with Crippen LogP contribution in [0.25, 0.3) is 16.9 Å². The number of benzene rings is 1. The van der Waals surface area contributed by atoms with Crippen molar-refractivity contribution in [3.05, 3.63) is 113 Å². The Labute approximate surface area is 191 Å². The average Bonchev–Trinajstić information content (AvgIpc) is 3.34. The number of hydrogen-bond acceptors (Lipinski definition) is 5. The Morgan fingerprint density at radius 3 is 2.73 bits per heavy atom. The zero-order chi connectivity index (χ0) is 22.6. The highest BCUT2D eigenvalue weighted by atomic mass is 16.1. The summed E-state index contributed by atoms with van der Waals surface area (Å²) in [6, 6.07) is 20.1. The van der Waals surface area contributed by atoms with Crippen LogP contribution in [0.3, 0.4) is 0 Å². The fourth-order valence-corrected chi connectivity index (χ4v) is 3.85. The zero-order valence-electron chi connectivity index (χ0n) is 18.2. The topological polar surface area (TPSA) is 87.1 Å². The van der Waals surface area contributed by atoms with E-state index in [1.807, 2.05) is 41.1 Å². The third kappa shape index (κ3) is 4.53. The van der Waals surface area contributed by atoms with E-state index in [1.165, 1.54) is 5.56 Å². The Morgan fingerprint density at radius 1 is 1.06 bits per heavy atom. The molecule has 0 saturated carbocycles. The van der Waals surface area contributed by atoms with Gasteiger partial charge in [-0.25, -0.2) is 4.98 Å². The number of aromatic nitrogens is 4. The van der Waals surface area contributed by atoms with E-state index in [0.29, 0.717) is 0 Å². The molecule has 0 spiro atoms. The van der Waals surface area contributed by atoms with Crippen molar-refractivity contribution < 1.29 is 0 Å². The molecule has 7 nitrogen and oxygen atoms in total. The fourth-order valence-electron chi connectivity index (χ4n) is 3.85. The molecule has 4 aromatic heterocycles. The third-order valence-electron chi connectivity index (χ3n) is 5.64. The van der Waals surface area contributed by atoms with Crippen LogP contribution in [0.1, 0.15) is 24.1 Å². The smallest absolute Gasteiger partial charge is 0.248 e. The Kier molecular flexibility index (Phi) is 5.70. The number of nitrogens with zero attached hydrogens (tertiary/aromatic N) is 3. The minimum Gasteiger partial charge on any atom is -0.352 e. The summed E-state index contributed by atoms with van der Waals surface area (Å²) < 4.78 is 1.98. The lowest BCUT2D eigenvalue weighted by Crippen LogP contribution is -2.18. The first-order chi connectivity index (χ1) is 16.2. The van der Waals surface area contributed by atoms with Crippen LogP contribution in [0.15, 0.2) is 96.4 Å². The van der Waals surface area contributed by atoms with E-state index >= 15 is 0 Å². The number of nitrogens with one attached hydrogen (secondary N) is 3. The lowest BCUT2D eigenvalue weighted by Gasteiger charge is -2.16. The molecule has 5 aromatic rings. The number of aromatic amines is 1. The largest absolute Gasteiger partial charge is 0.352 e. The Balaban J connectivity index is 1.32. The van der Waals surface area contributed by atoms with E-state index < -0.39 is 0 Å². The van der Waals surface area contributed by atoms with E-state index in [-0.39, 0.29) is 11.6 Å². The zero-order valence-corrected chi connectivity index (χ0v) is 18.2. The second-order valence-electron chi connectivity index (χ2n) is 7.91. The maximum atomic E-state index is 11.7. The van der Waals surface area contributed by atoms with E-state index in [9.17, 15) is 4.79 Å². The van der Waals surface area contributed by atoms with Gasteiger partial charge in [0.05, 0.1) is 11.4 Å². The van der Waals surface area contributed by atoms with Crippen LogP contribution in [-0.2, 0) is 6.54 Å². The Hall–Kier alpha value is -4.23. The number of anilines is 2. The predicted molar refractivity (Wildman–Crippen MR) is 130 cm³/mol. The summed E-state index contributed by atoms with van der Waals surface area (Å²) in [4.78, 5) is 23.1. The highest BCUT2D eigenvalue weighted by Crippen LogP contribution is 2.27. The SMILES string of the molecule is CC(NCc1cccnc1)c1ccc(Nc2ccc(-c3cc[nH]c(=O)c3)n3ccnc23)cc1. The molecule has 0 saturated heterocycles. The number of hydrogen-bond donors (Lipinski definition) is 3. The van der Waals surface area contributed by atoms with Crippen LogP contribution in [0.2, 0.25) is 0 Å². The highest BCUT2D eigenvalue weighted by molar-refractivity contribution is 5.78. The van der Waals surface area contributed by atoms with Gasteiger partial charge in [0.25, 0.3) is 0 Å². The average molecular weight is 437 g/mol. The molecule has 0 fully saturated rings. The second kappa shape index (κ2) is 9.10. The molecule has 1 aromatic carbocycles. The summed E-state index contributed by atoms with van der Waals surface area (Å²) in [5, 5.41) is 7.00. The summed E-state index contributed by atoms with van der Waals surface area (Å²) in [5.74, 6) is 0. The molecule has 0 bridgehead atoms. The van der Waals surface area contributed by atoms with Gasteiger partial charge >= 0.3 is 0 Å². The molecule has 7 heteroatoms. The van der Waals surface area contributed by atoms with Crippen LogP contribution < -0.4 is 16.2 Å². The molecule has 4 heterocycles.